The second-order valence-corrected chi connectivity index (χ2v) is 7.14. The monoisotopic (exact) mass is 411 g/mol. The van der Waals surface area contributed by atoms with Crippen LogP contribution in [0.3, 0.4) is 0 Å². The minimum atomic E-state index is -0.375. The summed E-state index contributed by atoms with van der Waals surface area (Å²) in [6, 6.07) is 21.8. The molecule has 1 aromatic heterocycles. The maximum absolute atomic E-state index is 12.8. The maximum atomic E-state index is 12.8. The number of hydrogen-bond acceptors (Lipinski definition) is 6. The lowest BCUT2D eigenvalue weighted by Gasteiger charge is -2.25. The number of tetrazole rings is 1. The smallest absolute Gasteiger partial charge is 0.339 e. The molecule has 4 aromatic rings. The molecule has 8 nitrogen and oxygen atoms in total. The number of anilines is 1. The van der Waals surface area contributed by atoms with Crippen LogP contribution in [0.1, 0.15) is 37.9 Å². The van der Waals surface area contributed by atoms with Crippen molar-refractivity contribution in [1.82, 2.24) is 20.2 Å². The highest BCUT2D eigenvalue weighted by molar-refractivity contribution is 6.05. The Bertz CT molecular complexity index is 1240. The van der Waals surface area contributed by atoms with E-state index in [1.165, 1.54) is 11.0 Å². The Balaban J connectivity index is 1.34. The Labute approximate surface area is 177 Å². The summed E-state index contributed by atoms with van der Waals surface area (Å²) >= 11 is 0. The molecule has 8 heteroatoms. The van der Waals surface area contributed by atoms with Gasteiger partial charge in [-0.25, -0.2) is 9.48 Å². The first-order valence-electron chi connectivity index (χ1n) is 9.71. The summed E-state index contributed by atoms with van der Waals surface area (Å²) in [6.07, 6.45) is 1.65. The number of nitrogens with one attached hydrogen (secondary N) is 1. The average molecular weight is 411 g/mol. The molecule has 1 aliphatic heterocycles. The first-order valence-corrected chi connectivity index (χ1v) is 9.71. The number of aromatic nitrogens is 4. The van der Waals surface area contributed by atoms with E-state index in [9.17, 15) is 9.59 Å². The first kappa shape index (κ1) is 18.7. The highest BCUT2D eigenvalue weighted by Crippen LogP contribution is 2.31. The van der Waals surface area contributed by atoms with E-state index in [1.54, 1.807) is 42.5 Å². The minimum Gasteiger partial charge on any atom is -0.454 e. The molecule has 0 fully saturated rings. The molecule has 0 aliphatic carbocycles. The van der Waals surface area contributed by atoms with Crippen molar-refractivity contribution in [2.45, 2.75) is 12.5 Å². The second-order valence-electron chi connectivity index (χ2n) is 7.14. The number of hydrogen-bond donors (Lipinski definition) is 1. The number of esters is 1. The van der Waals surface area contributed by atoms with Crippen LogP contribution in [0.15, 0.2) is 79.1 Å². The van der Waals surface area contributed by atoms with Gasteiger partial charge in [0.15, 0.2) is 0 Å². The van der Waals surface area contributed by atoms with Crippen molar-refractivity contribution >= 4 is 17.6 Å². The number of fused-ring (bicyclic) bond motifs is 1. The van der Waals surface area contributed by atoms with Crippen LogP contribution >= 0.6 is 0 Å². The van der Waals surface area contributed by atoms with E-state index in [1.807, 2.05) is 30.3 Å². The number of rotatable bonds is 4. The third-order valence-electron chi connectivity index (χ3n) is 5.15. The third kappa shape index (κ3) is 3.78. The van der Waals surface area contributed by atoms with Crippen molar-refractivity contribution in [3.05, 3.63) is 101 Å². The Hall–Kier alpha value is -4.33. The van der Waals surface area contributed by atoms with E-state index in [-0.39, 0.29) is 18.0 Å². The number of cyclic esters (lactones) is 1. The van der Waals surface area contributed by atoms with Crippen LogP contribution < -0.4 is 5.32 Å². The summed E-state index contributed by atoms with van der Waals surface area (Å²) in [5.74, 6) is -0.631. The van der Waals surface area contributed by atoms with Crippen LogP contribution in [-0.2, 0) is 11.2 Å². The zero-order chi connectivity index (χ0) is 21.2. The van der Waals surface area contributed by atoms with E-state index >= 15 is 0 Å². The van der Waals surface area contributed by atoms with E-state index in [0.29, 0.717) is 23.2 Å². The molecule has 152 valence electrons. The van der Waals surface area contributed by atoms with Gasteiger partial charge in [-0.2, -0.15) is 0 Å². The highest BCUT2D eigenvalue weighted by atomic mass is 16.5. The summed E-state index contributed by atoms with van der Waals surface area (Å²) in [4.78, 5) is 25.2. The molecule has 3 aromatic carbocycles. The molecule has 0 radical (unpaired) electrons. The zero-order valence-corrected chi connectivity index (χ0v) is 16.3. The molecule has 0 spiro atoms. The quantitative estimate of drug-likeness (QED) is 0.517. The predicted octanol–water partition coefficient (Wildman–Crippen LogP) is 3.37. The molecule has 2 heterocycles. The fourth-order valence-electron chi connectivity index (χ4n) is 3.57. The number of nitrogens with zero attached hydrogens (tertiary/aromatic N) is 4. The molecule has 0 unspecified atom stereocenters. The van der Waals surface area contributed by atoms with Crippen molar-refractivity contribution < 1.29 is 14.3 Å². The predicted molar refractivity (Wildman–Crippen MR) is 112 cm³/mol. The maximum Gasteiger partial charge on any atom is 0.339 e. The van der Waals surface area contributed by atoms with Gasteiger partial charge in [-0.15, -0.1) is 5.10 Å². The Morgan fingerprint density at radius 1 is 1.03 bits per heavy atom. The Kier molecular flexibility index (Phi) is 4.72. The normalized spacial score (nSPS) is 15.1. The lowest BCUT2D eigenvalue weighted by atomic mass is 9.93. The molecule has 0 saturated carbocycles. The lowest BCUT2D eigenvalue weighted by molar-refractivity contribution is 0.0252. The van der Waals surface area contributed by atoms with Crippen LogP contribution in [0.25, 0.3) is 5.69 Å². The van der Waals surface area contributed by atoms with Crippen molar-refractivity contribution in [1.29, 1.82) is 0 Å². The van der Waals surface area contributed by atoms with Gasteiger partial charge < -0.3 is 10.1 Å². The average Bonchev–Trinajstić information content (AvgIpc) is 3.35. The van der Waals surface area contributed by atoms with Crippen LogP contribution in [-0.4, -0.2) is 32.1 Å². The molecule has 31 heavy (non-hydrogen) atoms. The number of carbonyl (C=O) groups excluding carboxylic acids is 2. The molecule has 1 atom stereocenters. The molecule has 5 rings (SSSR count). The van der Waals surface area contributed by atoms with Crippen molar-refractivity contribution in [2.24, 2.45) is 0 Å². The summed E-state index contributed by atoms with van der Waals surface area (Å²) in [5, 5.41) is 13.9. The standard InChI is InChI=1S/C23H17N5O3/c29-22(25-18-7-9-19(10-8-18)28-14-24-26-27-28)16-6-11-20-17(12-16)13-21(31-23(20)30)15-4-2-1-3-5-15/h1-12,14,21H,13H2,(H,25,29)/t21-/m1/s1. The van der Waals surface area contributed by atoms with Gasteiger partial charge in [-0.05, 0) is 64.0 Å². The molecule has 0 saturated heterocycles. The Morgan fingerprint density at radius 2 is 1.84 bits per heavy atom. The van der Waals surface area contributed by atoms with E-state index in [4.69, 9.17) is 4.74 Å². The number of amides is 1. The van der Waals surface area contributed by atoms with Gasteiger partial charge in [0.25, 0.3) is 5.91 Å². The van der Waals surface area contributed by atoms with E-state index in [2.05, 4.69) is 20.8 Å². The summed E-state index contributed by atoms with van der Waals surface area (Å²) in [5.41, 5.74) is 4.12. The topological polar surface area (TPSA) is 99.0 Å². The van der Waals surface area contributed by atoms with Crippen LogP contribution in [0.4, 0.5) is 5.69 Å². The van der Waals surface area contributed by atoms with Gasteiger partial charge >= 0.3 is 5.97 Å². The fourth-order valence-corrected chi connectivity index (χ4v) is 3.57. The van der Waals surface area contributed by atoms with E-state index in [0.717, 1.165) is 16.8 Å². The molecular formula is C23H17N5O3. The van der Waals surface area contributed by atoms with Gasteiger partial charge in [-0.3, -0.25) is 4.79 Å². The third-order valence-corrected chi connectivity index (χ3v) is 5.15. The van der Waals surface area contributed by atoms with Gasteiger partial charge in [0.1, 0.15) is 12.4 Å². The van der Waals surface area contributed by atoms with Crippen LogP contribution in [0, 0.1) is 0 Å². The summed E-state index contributed by atoms with van der Waals surface area (Å²) < 4.78 is 7.11. The van der Waals surface area contributed by atoms with Crippen LogP contribution in [0.2, 0.25) is 0 Å². The molecule has 1 amide bonds. The molecule has 0 bridgehead atoms. The minimum absolute atomic E-state index is 0.256. The van der Waals surface area contributed by atoms with Gasteiger partial charge in [-0.1, -0.05) is 30.3 Å². The van der Waals surface area contributed by atoms with Gasteiger partial charge in [0.05, 0.1) is 11.3 Å². The number of carbonyl (C=O) groups is 2. The lowest BCUT2D eigenvalue weighted by Crippen LogP contribution is -2.23. The number of ether oxygens (including phenoxy) is 1. The highest BCUT2D eigenvalue weighted by Gasteiger charge is 2.28. The Morgan fingerprint density at radius 3 is 2.58 bits per heavy atom. The molecule has 1 aliphatic rings. The van der Waals surface area contributed by atoms with Crippen molar-refractivity contribution in [3.8, 4) is 5.69 Å². The second kappa shape index (κ2) is 7.83. The van der Waals surface area contributed by atoms with Gasteiger partial charge in [0, 0.05) is 17.7 Å². The SMILES string of the molecule is O=C(Nc1ccc(-n2cnnn2)cc1)c1ccc2c(c1)C[C@H](c1ccccc1)OC2=O. The first-order chi connectivity index (χ1) is 15.2. The summed E-state index contributed by atoms with van der Waals surface area (Å²) in [6.45, 7) is 0. The molecular weight excluding hydrogens is 394 g/mol. The van der Waals surface area contributed by atoms with Gasteiger partial charge in [0.2, 0.25) is 0 Å². The zero-order valence-electron chi connectivity index (χ0n) is 16.3. The summed E-state index contributed by atoms with van der Waals surface area (Å²) in [7, 11) is 0. The number of benzene rings is 3. The molecule has 1 N–H and O–H groups in total. The van der Waals surface area contributed by atoms with Crippen molar-refractivity contribution in [2.75, 3.05) is 5.32 Å². The van der Waals surface area contributed by atoms with Crippen molar-refractivity contribution in [3.63, 3.8) is 0 Å². The van der Waals surface area contributed by atoms with E-state index < -0.39 is 0 Å². The largest absolute Gasteiger partial charge is 0.454 e. The van der Waals surface area contributed by atoms with Crippen LogP contribution in [0.5, 0.6) is 0 Å². The fraction of sp³-hybridized carbons (Fsp3) is 0.0870.